The lowest BCUT2D eigenvalue weighted by atomic mass is 10.0. The molecule has 1 saturated heterocycles. The molecule has 2 heterocycles. The highest BCUT2D eigenvalue weighted by atomic mass is 19.1. The van der Waals surface area contributed by atoms with Gasteiger partial charge in [0.15, 0.2) is 0 Å². The largest absolute Gasteiger partial charge is 0.364 e. The zero-order valence-electron chi connectivity index (χ0n) is 16.2. The lowest BCUT2D eigenvalue weighted by Crippen LogP contribution is -2.43. The van der Waals surface area contributed by atoms with Gasteiger partial charge in [-0.15, -0.1) is 0 Å². The third kappa shape index (κ3) is 4.39. The Labute approximate surface area is 166 Å². The first-order valence-corrected chi connectivity index (χ1v) is 9.94. The van der Waals surface area contributed by atoms with Crippen LogP contribution in [-0.4, -0.2) is 24.1 Å². The molecule has 144 valence electrons. The predicted molar refractivity (Wildman–Crippen MR) is 113 cm³/mol. The summed E-state index contributed by atoms with van der Waals surface area (Å²) in [7, 11) is 0. The Morgan fingerprint density at radius 3 is 2.57 bits per heavy atom. The molecule has 0 saturated carbocycles. The maximum Gasteiger partial charge on any atom is 0.123 e. The number of aryl methyl sites for hydroxylation is 1. The van der Waals surface area contributed by atoms with Crippen molar-refractivity contribution < 1.29 is 4.39 Å². The number of piperidine rings is 1. The van der Waals surface area contributed by atoms with Gasteiger partial charge in [0.05, 0.1) is 5.69 Å². The molecule has 1 N–H and O–H groups in total. The summed E-state index contributed by atoms with van der Waals surface area (Å²) in [5.74, 6) is -0.235. The van der Waals surface area contributed by atoms with Gasteiger partial charge in [-0.05, 0) is 74.8 Å². The molecule has 1 aliphatic heterocycles. The van der Waals surface area contributed by atoms with E-state index in [0.29, 0.717) is 6.04 Å². The van der Waals surface area contributed by atoms with E-state index in [-0.39, 0.29) is 5.82 Å². The van der Waals surface area contributed by atoms with Gasteiger partial charge in [0, 0.05) is 30.0 Å². The number of hydrogen-bond acceptors (Lipinski definition) is 3. The molecule has 4 heteroatoms. The SMILES string of the molecule is Cc1ccc(N(Cc2ccnc(-c3cccc(F)c3)c2)C2CCNCC2)cc1. The molecule has 0 radical (unpaired) electrons. The number of pyridine rings is 1. The zero-order valence-corrected chi connectivity index (χ0v) is 16.2. The first kappa shape index (κ1) is 18.6. The molecule has 3 aromatic rings. The number of halogens is 1. The van der Waals surface area contributed by atoms with Crippen molar-refractivity contribution in [2.75, 3.05) is 18.0 Å². The van der Waals surface area contributed by atoms with Crippen LogP contribution in [0.4, 0.5) is 10.1 Å². The van der Waals surface area contributed by atoms with Gasteiger partial charge in [-0.2, -0.15) is 0 Å². The lowest BCUT2D eigenvalue weighted by molar-refractivity contribution is 0.428. The summed E-state index contributed by atoms with van der Waals surface area (Å²) in [5.41, 5.74) is 5.33. The standard InChI is InChI=1S/C24H26FN3/c1-18-5-7-22(8-6-18)28(23-10-12-26-13-11-23)17-19-9-14-27-24(15-19)20-3-2-4-21(25)16-20/h2-9,14-16,23,26H,10-13,17H2,1H3. The molecule has 0 unspecified atom stereocenters. The van der Waals surface area contributed by atoms with Crippen molar-refractivity contribution in [2.24, 2.45) is 0 Å². The normalized spacial score (nSPS) is 14.8. The van der Waals surface area contributed by atoms with Crippen LogP contribution >= 0.6 is 0 Å². The number of rotatable bonds is 5. The Morgan fingerprint density at radius 1 is 1.04 bits per heavy atom. The average Bonchev–Trinajstić information content (AvgIpc) is 2.74. The van der Waals surface area contributed by atoms with Crippen molar-refractivity contribution in [3.05, 3.63) is 83.8 Å². The van der Waals surface area contributed by atoms with Gasteiger partial charge in [-0.25, -0.2) is 4.39 Å². The van der Waals surface area contributed by atoms with E-state index >= 15 is 0 Å². The van der Waals surface area contributed by atoms with Crippen LogP contribution in [0.2, 0.25) is 0 Å². The fraction of sp³-hybridized carbons (Fsp3) is 0.292. The summed E-state index contributed by atoms with van der Waals surface area (Å²) in [5, 5.41) is 3.46. The molecule has 2 aromatic carbocycles. The molecule has 1 aromatic heterocycles. The molecule has 0 aliphatic carbocycles. The first-order chi connectivity index (χ1) is 13.7. The van der Waals surface area contributed by atoms with Crippen molar-refractivity contribution in [3.8, 4) is 11.3 Å². The first-order valence-electron chi connectivity index (χ1n) is 9.94. The van der Waals surface area contributed by atoms with Crippen molar-refractivity contribution in [3.63, 3.8) is 0 Å². The monoisotopic (exact) mass is 375 g/mol. The molecule has 4 rings (SSSR count). The third-order valence-corrected chi connectivity index (χ3v) is 5.41. The second-order valence-electron chi connectivity index (χ2n) is 7.50. The Morgan fingerprint density at radius 2 is 1.82 bits per heavy atom. The summed E-state index contributed by atoms with van der Waals surface area (Å²) in [6, 6.07) is 20.1. The van der Waals surface area contributed by atoms with Crippen LogP contribution in [-0.2, 0) is 6.54 Å². The number of nitrogens with one attached hydrogen (secondary N) is 1. The van der Waals surface area contributed by atoms with E-state index in [1.165, 1.54) is 28.9 Å². The Bertz CT molecular complexity index is 917. The van der Waals surface area contributed by atoms with Gasteiger partial charge in [-0.3, -0.25) is 4.98 Å². The van der Waals surface area contributed by atoms with Gasteiger partial charge in [-0.1, -0.05) is 29.8 Å². The fourth-order valence-electron chi connectivity index (χ4n) is 3.86. The van der Waals surface area contributed by atoms with Crippen molar-refractivity contribution >= 4 is 5.69 Å². The molecule has 28 heavy (non-hydrogen) atoms. The highest BCUT2D eigenvalue weighted by Gasteiger charge is 2.21. The number of hydrogen-bond donors (Lipinski definition) is 1. The maximum absolute atomic E-state index is 13.6. The van der Waals surface area contributed by atoms with E-state index < -0.39 is 0 Å². The van der Waals surface area contributed by atoms with E-state index in [0.717, 1.165) is 43.7 Å². The number of aromatic nitrogens is 1. The zero-order chi connectivity index (χ0) is 19.3. The summed E-state index contributed by atoms with van der Waals surface area (Å²) in [4.78, 5) is 6.96. The van der Waals surface area contributed by atoms with Crippen LogP contribution < -0.4 is 10.2 Å². The van der Waals surface area contributed by atoms with Gasteiger partial charge >= 0.3 is 0 Å². The summed E-state index contributed by atoms with van der Waals surface area (Å²) in [6.07, 6.45) is 4.09. The van der Waals surface area contributed by atoms with Crippen LogP contribution in [0.1, 0.15) is 24.0 Å². The second kappa shape index (κ2) is 8.53. The smallest absolute Gasteiger partial charge is 0.123 e. The van der Waals surface area contributed by atoms with E-state index in [1.807, 2.05) is 12.3 Å². The predicted octanol–water partition coefficient (Wildman–Crippen LogP) is 4.95. The molecular weight excluding hydrogens is 349 g/mol. The minimum Gasteiger partial charge on any atom is -0.364 e. The Balaban J connectivity index is 1.63. The minimum atomic E-state index is -0.235. The third-order valence-electron chi connectivity index (χ3n) is 5.41. The molecule has 0 bridgehead atoms. The van der Waals surface area contributed by atoms with Gasteiger partial charge < -0.3 is 10.2 Å². The van der Waals surface area contributed by atoms with Crippen LogP contribution in [0.5, 0.6) is 0 Å². The summed E-state index contributed by atoms with van der Waals surface area (Å²) < 4.78 is 13.6. The molecular formula is C24H26FN3. The van der Waals surface area contributed by atoms with E-state index in [4.69, 9.17) is 0 Å². The van der Waals surface area contributed by atoms with Crippen LogP contribution in [0.15, 0.2) is 66.9 Å². The molecule has 0 spiro atoms. The van der Waals surface area contributed by atoms with E-state index in [9.17, 15) is 4.39 Å². The van der Waals surface area contributed by atoms with Crippen LogP contribution in [0, 0.1) is 12.7 Å². The fourth-order valence-corrected chi connectivity index (χ4v) is 3.86. The van der Waals surface area contributed by atoms with Crippen molar-refractivity contribution in [1.29, 1.82) is 0 Å². The van der Waals surface area contributed by atoms with E-state index in [2.05, 4.69) is 58.5 Å². The average molecular weight is 375 g/mol. The van der Waals surface area contributed by atoms with Crippen molar-refractivity contribution in [2.45, 2.75) is 32.4 Å². The molecule has 0 amide bonds. The summed E-state index contributed by atoms with van der Waals surface area (Å²) >= 11 is 0. The van der Waals surface area contributed by atoms with Crippen molar-refractivity contribution in [1.82, 2.24) is 10.3 Å². The highest BCUT2D eigenvalue weighted by molar-refractivity contribution is 5.60. The topological polar surface area (TPSA) is 28.2 Å². The Hall–Kier alpha value is -2.72. The molecule has 1 fully saturated rings. The molecule has 1 aliphatic rings. The second-order valence-corrected chi connectivity index (χ2v) is 7.50. The van der Waals surface area contributed by atoms with Gasteiger partial charge in [0.2, 0.25) is 0 Å². The number of benzene rings is 2. The summed E-state index contributed by atoms with van der Waals surface area (Å²) in [6.45, 7) is 5.04. The Kier molecular flexibility index (Phi) is 5.68. The quantitative estimate of drug-likeness (QED) is 0.683. The van der Waals surface area contributed by atoms with E-state index in [1.54, 1.807) is 6.07 Å². The number of nitrogens with zero attached hydrogens (tertiary/aromatic N) is 2. The lowest BCUT2D eigenvalue weighted by Gasteiger charge is -2.36. The maximum atomic E-state index is 13.6. The number of anilines is 1. The highest BCUT2D eigenvalue weighted by Crippen LogP contribution is 2.26. The molecule has 0 atom stereocenters. The molecule has 3 nitrogen and oxygen atoms in total. The minimum absolute atomic E-state index is 0.235. The van der Waals surface area contributed by atoms with Gasteiger partial charge in [0.25, 0.3) is 0 Å². The van der Waals surface area contributed by atoms with Gasteiger partial charge in [0.1, 0.15) is 5.82 Å². The van der Waals surface area contributed by atoms with Crippen LogP contribution in [0.3, 0.4) is 0 Å². The van der Waals surface area contributed by atoms with Crippen LogP contribution in [0.25, 0.3) is 11.3 Å².